The third-order valence-corrected chi connectivity index (χ3v) is 22.9. The third-order valence-electron chi connectivity index (χ3n) is 22.9. The first-order valence-corrected chi connectivity index (χ1v) is 45.6. The maximum absolute atomic E-state index is 13.8. The number of methoxy groups -OCH3 is 2. The summed E-state index contributed by atoms with van der Waals surface area (Å²) < 4.78 is 149. The average molecular weight is 2100 g/mol. The fraction of sp³-hybridized carbons (Fsp3) is 0.384. The minimum absolute atomic E-state index is 0.00398. The number of hydrogen-bond donors (Lipinski definition) is 6. The molecule has 0 bridgehead atoms. The first-order valence-electron chi connectivity index (χ1n) is 45.6. The topological polar surface area (TPSA) is 525 Å². The van der Waals surface area contributed by atoms with Gasteiger partial charge in [-0.3, -0.25) is 65.5 Å². The molecule has 150 heavy (non-hydrogen) atoms. The first kappa shape index (κ1) is 118. The Bertz CT molecular complexity index is 7380. The highest BCUT2D eigenvalue weighted by molar-refractivity contribution is 5.99. The molecule has 3 aromatic carbocycles. The van der Waals surface area contributed by atoms with Crippen molar-refractivity contribution in [3.8, 4) is 59.5 Å². The summed E-state index contributed by atoms with van der Waals surface area (Å²) in [7, 11) is 4.07. The van der Waals surface area contributed by atoms with E-state index < -0.39 is 77.9 Å². The summed E-state index contributed by atoms with van der Waals surface area (Å²) in [6.45, 7) is 15.1. The molecule has 8 aromatic heterocycles. The number of hydrogen-bond acceptors (Lipinski definition) is 25. The summed E-state index contributed by atoms with van der Waals surface area (Å²) in [4.78, 5) is 179. The number of ketones is 1. The van der Waals surface area contributed by atoms with E-state index in [-0.39, 0.29) is 71.4 Å². The number of aromatic nitrogens is 12. The molecule has 8 N–H and O–H groups in total. The van der Waals surface area contributed by atoms with E-state index in [1.165, 1.54) is 57.8 Å². The van der Waals surface area contributed by atoms with E-state index in [0.29, 0.717) is 109 Å². The number of benzene rings is 3. The van der Waals surface area contributed by atoms with Crippen LogP contribution in [0.4, 0.5) is 76.5 Å². The van der Waals surface area contributed by atoms with Crippen LogP contribution < -0.4 is 53.3 Å². The van der Waals surface area contributed by atoms with Crippen LogP contribution in [0.15, 0.2) is 122 Å². The van der Waals surface area contributed by atoms with E-state index in [1.54, 1.807) is 130 Å². The van der Waals surface area contributed by atoms with E-state index >= 15 is 0 Å². The molecule has 2 amide bonds. The number of carbonyl (C=O) groups is 9. The summed E-state index contributed by atoms with van der Waals surface area (Å²) in [5.41, 5.74) is 15.7. The third kappa shape index (κ3) is 30.3. The molecular weight excluding hydrogens is 2000 g/mol. The smallest absolute Gasteiger partial charge is 0.475 e. The van der Waals surface area contributed by atoms with Gasteiger partial charge in [0.2, 0.25) is 23.8 Å². The van der Waals surface area contributed by atoms with Gasteiger partial charge in [-0.2, -0.15) is 63.2 Å². The number of fused-ring (bicyclic) bond motifs is 4. The lowest BCUT2D eigenvalue weighted by Crippen LogP contribution is -2.33. The fourth-order valence-corrected chi connectivity index (χ4v) is 15.7. The Labute approximate surface area is 845 Å². The predicted molar refractivity (Wildman–Crippen MR) is 521 cm³/mol. The summed E-state index contributed by atoms with van der Waals surface area (Å²) in [5, 5.41) is 47.4. The lowest BCUT2D eigenvalue weighted by molar-refractivity contribution is -0.193. The van der Waals surface area contributed by atoms with Gasteiger partial charge < -0.3 is 65.5 Å². The quantitative estimate of drug-likeness (QED) is 0.0189. The number of carboxylic acids is 4. The number of anilines is 4. The van der Waals surface area contributed by atoms with Crippen molar-refractivity contribution in [3.63, 3.8) is 0 Å². The second kappa shape index (κ2) is 53.4. The van der Waals surface area contributed by atoms with Crippen molar-refractivity contribution in [3.05, 3.63) is 195 Å². The number of nitrogens with two attached hydrogens (primary N) is 2. The molecule has 4 fully saturated rings. The molecule has 0 radical (unpaired) electrons. The van der Waals surface area contributed by atoms with Crippen molar-refractivity contribution in [2.24, 2.45) is 18.5 Å². The molecule has 0 spiro atoms. The van der Waals surface area contributed by atoms with Gasteiger partial charge in [0, 0.05) is 65.0 Å². The molecule has 4 aliphatic heterocycles. The van der Waals surface area contributed by atoms with Gasteiger partial charge in [0.1, 0.15) is 44.8 Å². The highest BCUT2D eigenvalue weighted by Crippen LogP contribution is 2.32. The molecule has 0 atom stereocenters. The Kier molecular flexibility index (Phi) is 41.9. The van der Waals surface area contributed by atoms with Gasteiger partial charge >= 0.3 is 60.5 Å². The van der Waals surface area contributed by atoms with Gasteiger partial charge in [-0.15, -0.1) is 23.7 Å². The number of carbonyl (C=O) groups excluding carboxylic acids is 5. The van der Waals surface area contributed by atoms with Gasteiger partial charge in [-0.1, -0.05) is 90.4 Å². The first-order chi connectivity index (χ1) is 71.0. The monoisotopic (exact) mass is 2100 g/mol. The standard InChI is InChI=1S/C25H25N5O3.C25H26N4O4.C24H24N6O2.C17H21N5O2.4C2HF3O2/c1-3-4-14-29-22-20(27-25(29)28-12-8-5-9-13-28)15-21(24(32)33-2)30(23(22)31)17-19-11-7-6-10-18(19)16-26;1-3-4-15-28-22-19(26-25(28)27-13-9-6-10-14-27)16-20(24(32)33-2)29(23(22)31)17-21(30)18-11-7-5-8-12-18;1-2-3-13-29-21-19(27-24(29)28-11-7-4-8-12-28)14-20(22(26)31)30(23(21)32)16-18-10-6-5-9-17(18)15-25;1-3-4-10-22-14-12(11-13(15(18)23)20(2)16(14)24)19-17(22)21-8-6-5-7-9-21;4*3-2(4,5)1(6)7/h6-7,10-11,15H,5,8-9,12-14,17H2,1-2H3;5,7-8,11-12,16H,6,9-10,13-15,17H2,1-2H3;5-6,9-10,14H,4,7-8,11-13,16H2,1H3,(H2,26,31);11H,5-10H2,1-2H3,(H2,18,23);4*(H,6,7). The van der Waals surface area contributed by atoms with Gasteiger partial charge in [0.25, 0.3) is 34.1 Å². The molecule has 4 aliphatic rings. The molecule has 51 heteroatoms. The number of imidazole rings is 4. The number of ether oxygens (including phenoxy) is 2. The molecule has 0 saturated carbocycles. The fourth-order valence-electron chi connectivity index (χ4n) is 15.7. The van der Waals surface area contributed by atoms with E-state index in [2.05, 4.69) is 84.1 Å². The zero-order valence-corrected chi connectivity index (χ0v) is 81.6. The number of alkyl halides is 12. The van der Waals surface area contributed by atoms with Crippen molar-refractivity contribution < 1.29 is 126 Å². The SMILES string of the molecule is CC#CCn1c(N2CCCCC2)nc2cc(C(=O)OC)n(CC(=O)c3ccccc3)c(=O)c21.CC#CCn1c(N2CCCCC2)nc2cc(C(=O)OC)n(Cc3ccccc3C#N)c(=O)c21.CC#CCn1c(N2CCCCC2)nc2cc(C(N)=O)n(C)c(=O)c21.CC#CCn1c(N2CCCCC2)nc2cc(C(N)=O)n(Cc3ccccc3C#N)c(=O)c21.O=C(O)C(F)(F)F.O=C(O)C(F)(F)F.O=C(O)C(F)(F)F.O=C(O)C(F)(F)F. The van der Waals surface area contributed by atoms with Crippen LogP contribution in [0, 0.1) is 70.0 Å². The number of carboxylic acid groups (broad SMARTS) is 4. The number of Topliss-reactive ketones (excluding diaryl/α,β-unsaturated/α-hetero) is 1. The van der Waals surface area contributed by atoms with Crippen molar-refractivity contribution >= 4 is 121 Å². The van der Waals surface area contributed by atoms with Crippen LogP contribution in [0.2, 0.25) is 0 Å². The van der Waals surface area contributed by atoms with Crippen LogP contribution in [-0.4, -0.2) is 222 Å². The van der Waals surface area contributed by atoms with Gasteiger partial charge in [-0.25, -0.2) is 48.7 Å². The molecule has 11 aromatic rings. The van der Waals surface area contributed by atoms with Gasteiger partial charge in [-0.05, 0) is 152 Å². The highest BCUT2D eigenvalue weighted by atomic mass is 19.4. The molecule has 12 heterocycles. The lowest BCUT2D eigenvalue weighted by Gasteiger charge is -2.27. The van der Waals surface area contributed by atoms with E-state index in [1.807, 2.05) is 19.8 Å². The molecule has 15 rings (SSSR count). The Morgan fingerprint density at radius 1 is 0.360 bits per heavy atom. The Hall–Kier alpha value is -17.7. The second-order valence-corrected chi connectivity index (χ2v) is 32.7. The Morgan fingerprint density at radius 2 is 0.607 bits per heavy atom. The Balaban J connectivity index is 0.000000224. The largest absolute Gasteiger partial charge is 0.490 e. The predicted octanol–water partition coefficient (Wildman–Crippen LogP) is 11.4. The molecule has 39 nitrogen and oxygen atoms in total. The minimum Gasteiger partial charge on any atom is -0.475 e. The molecule has 794 valence electrons. The molecular formula is C99H100F12N20O19. The summed E-state index contributed by atoms with van der Waals surface area (Å²) in [6.07, 6.45) is -7.08. The van der Waals surface area contributed by atoms with Gasteiger partial charge in [0.15, 0.2) is 5.78 Å². The number of rotatable bonds is 19. The van der Waals surface area contributed by atoms with Crippen molar-refractivity contribution in [1.29, 1.82) is 10.5 Å². The number of piperidine rings is 4. The lowest BCUT2D eigenvalue weighted by atomic mass is 10.1. The van der Waals surface area contributed by atoms with Crippen LogP contribution in [-0.2, 0) is 81.5 Å². The van der Waals surface area contributed by atoms with Crippen LogP contribution in [0.25, 0.3) is 44.1 Å². The number of esters is 2. The number of primary amides is 2. The average Bonchev–Trinajstić information content (AvgIpc) is 1.60. The number of halogens is 12. The number of pyridine rings is 4. The van der Waals surface area contributed by atoms with Crippen LogP contribution in [0.5, 0.6) is 0 Å². The number of aliphatic carboxylic acids is 4. The maximum atomic E-state index is 13.8. The summed E-state index contributed by atoms with van der Waals surface area (Å²) >= 11 is 0. The number of nitrogens with zero attached hydrogens (tertiary/aromatic N) is 18. The zero-order valence-electron chi connectivity index (χ0n) is 81.6. The van der Waals surface area contributed by atoms with E-state index in [4.69, 9.17) is 75.5 Å². The van der Waals surface area contributed by atoms with Crippen LogP contribution in [0.3, 0.4) is 0 Å². The van der Waals surface area contributed by atoms with Crippen molar-refractivity contribution in [2.75, 3.05) is 86.2 Å². The van der Waals surface area contributed by atoms with Crippen molar-refractivity contribution in [1.82, 2.24) is 56.5 Å². The summed E-state index contributed by atoms with van der Waals surface area (Å²) in [6, 6.07) is 33.3. The van der Waals surface area contributed by atoms with Crippen LogP contribution in [0.1, 0.15) is 179 Å². The van der Waals surface area contributed by atoms with Crippen molar-refractivity contribution in [2.45, 2.75) is 175 Å². The molecule has 0 aliphatic carbocycles. The molecule has 4 saturated heterocycles. The Morgan fingerprint density at radius 3 is 0.873 bits per heavy atom. The van der Waals surface area contributed by atoms with Gasteiger partial charge in [0.05, 0.1) is 105 Å². The summed E-state index contributed by atoms with van der Waals surface area (Å²) in [5.74, 6) is 12.4. The van der Waals surface area contributed by atoms with E-state index in [0.717, 1.165) is 116 Å². The van der Waals surface area contributed by atoms with E-state index in [9.17, 15) is 106 Å². The minimum atomic E-state index is -5.08. The van der Waals surface area contributed by atoms with Crippen LogP contribution >= 0.6 is 0 Å². The maximum Gasteiger partial charge on any atom is 0.490 e. The normalized spacial score (nSPS) is 13.2. The highest BCUT2D eigenvalue weighted by Gasteiger charge is 2.41. The molecule has 0 unspecified atom stereocenters. The number of nitriles is 2. The zero-order chi connectivity index (χ0) is 111. The second-order valence-electron chi connectivity index (χ2n) is 32.7. The number of amides is 2.